The van der Waals surface area contributed by atoms with Gasteiger partial charge in [-0.1, -0.05) is 0 Å². The summed E-state index contributed by atoms with van der Waals surface area (Å²) in [5.41, 5.74) is 3.24. The number of hydrogen-bond acceptors (Lipinski definition) is 7. The molecule has 0 spiro atoms. The van der Waals surface area contributed by atoms with E-state index in [1.54, 1.807) is 44.3 Å². The molecule has 0 unspecified atom stereocenters. The van der Waals surface area contributed by atoms with Crippen LogP contribution in [0.5, 0.6) is 5.75 Å². The van der Waals surface area contributed by atoms with Crippen molar-refractivity contribution in [2.75, 3.05) is 10.6 Å². The number of halogens is 3. The van der Waals surface area contributed by atoms with Gasteiger partial charge in [0, 0.05) is 29.2 Å². The maximum Gasteiger partial charge on any atom is 0.573 e. The second kappa shape index (κ2) is 7.67. The van der Waals surface area contributed by atoms with Gasteiger partial charge in [-0.25, -0.2) is 9.78 Å². The lowest BCUT2D eigenvalue weighted by Crippen LogP contribution is -2.17. The summed E-state index contributed by atoms with van der Waals surface area (Å²) >= 11 is 0. The van der Waals surface area contributed by atoms with Crippen molar-refractivity contribution in [2.45, 2.75) is 20.2 Å². The molecule has 0 saturated heterocycles. The average Bonchev–Trinajstić information content (AvgIpc) is 3.02. The van der Waals surface area contributed by atoms with E-state index >= 15 is 0 Å². The first-order valence-corrected chi connectivity index (χ1v) is 9.03. The fraction of sp³-hybridized carbons (Fsp3) is 0.150. The quantitative estimate of drug-likeness (QED) is 0.412. The smallest absolute Gasteiger partial charge is 0.408 e. The number of oxazole rings is 1. The van der Waals surface area contributed by atoms with E-state index in [1.165, 1.54) is 12.1 Å². The highest BCUT2D eigenvalue weighted by Crippen LogP contribution is 2.28. The fourth-order valence-corrected chi connectivity index (χ4v) is 2.94. The lowest BCUT2D eigenvalue weighted by molar-refractivity contribution is -0.274. The molecule has 3 N–H and O–H groups in total. The van der Waals surface area contributed by atoms with Crippen molar-refractivity contribution in [3.63, 3.8) is 0 Å². The normalized spacial score (nSPS) is 11.5. The molecule has 0 radical (unpaired) electrons. The number of nitrogens with zero attached hydrogens (tertiary/aromatic N) is 2. The Labute approximate surface area is 173 Å². The van der Waals surface area contributed by atoms with Gasteiger partial charge in [0.2, 0.25) is 5.95 Å². The number of hydrogen-bond donors (Lipinski definition) is 3. The summed E-state index contributed by atoms with van der Waals surface area (Å²) < 4.78 is 46.6. The summed E-state index contributed by atoms with van der Waals surface area (Å²) in [6.07, 6.45) is -3.22. The van der Waals surface area contributed by atoms with Crippen LogP contribution in [-0.2, 0) is 0 Å². The Kier molecular flexibility index (Phi) is 5.01. The minimum absolute atomic E-state index is 0.175. The van der Waals surface area contributed by atoms with Crippen molar-refractivity contribution in [3.8, 4) is 5.75 Å². The summed E-state index contributed by atoms with van der Waals surface area (Å²) in [6, 6.07) is 9.17. The molecule has 31 heavy (non-hydrogen) atoms. The van der Waals surface area contributed by atoms with Gasteiger partial charge in [-0.2, -0.15) is 4.98 Å². The molecule has 2 heterocycles. The molecule has 0 fully saturated rings. The highest BCUT2D eigenvalue weighted by Gasteiger charge is 2.31. The lowest BCUT2D eigenvalue weighted by Gasteiger charge is -2.13. The Bertz CT molecular complexity index is 1310. The van der Waals surface area contributed by atoms with Gasteiger partial charge in [-0.3, -0.25) is 4.98 Å². The van der Waals surface area contributed by atoms with Gasteiger partial charge in [-0.05, 0) is 49.7 Å². The first-order valence-electron chi connectivity index (χ1n) is 9.03. The zero-order chi connectivity index (χ0) is 22.2. The topological polar surface area (TPSA) is 105 Å². The Morgan fingerprint density at radius 2 is 1.87 bits per heavy atom. The van der Waals surface area contributed by atoms with Crippen LogP contribution in [0.4, 0.5) is 36.3 Å². The second-order valence-corrected chi connectivity index (χ2v) is 6.78. The third kappa shape index (κ3) is 4.94. The number of rotatable bonds is 5. The number of benzene rings is 2. The summed E-state index contributed by atoms with van der Waals surface area (Å²) in [5, 5.41) is 6.01. The molecule has 0 aliphatic rings. The van der Waals surface area contributed by atoms with Gasteiger partial charge in [0.15, 0.2) is 5.58 Å². The Morgan fingerprint density at radius 1 is 1.06 bits per heavy atom. The predicted molar refractivity (Wildman–Crippen MR) is 108 cm³/mol. The number of anilines is 4. The summed E-state index contributed by atoms with van der Waals surface area (Å²) in [4.78, 5) is 22.4. The zero-order valence-electron chi connectivity index (χ0n) is 16.3. The number of alkyl halides is 3. The Morgan fingerprint density at radius 3 is 2.65 bits per heavy atom. The van der Waals surface area contributed by atoms with Gasteiger partial charge in [0.25, 0.3) is 0 Å². The number of aromatic amines is 1. The van der Waals surface area contributed by atoms with Gasteiger partial charge in [-0.15, -0.1) is 13.2 Å². The molecule has 4 rings (SSSR count). The van der Waals surface area contributed by atoms with Crippen LogP contribution in [0.1, 0.15) is 11.1 Å². The van der Waals surface area contributed by atoms with Crippen LogP contribution in [0.3, 0.4) is 0 Å². The monoisotopic (exact) mass is 431 g/mol. The molecule has 0 atom stereocenters. The first kappa shape index (κ1) is 20.3. The largest absolute Gasteiger partial charge is 0.573 e. The minimum atomic E-state index is -4.79. The molecule has 2 aromatic heterocycles. The van der Waals surface area contributed by atoms with Gasteiger partial charge >= 0.3 is 12.1 Å². The van der Waals surface area contributed by atoms with Crippen molar-refractivity contribution in [1.29, 1.82) is 0 Å². The van der Waals surface area contributed by atoms with Crippen molar-refractivity contribution in [1.82, 2.24) is 15.0 Å². The zero-order valence-corrected chi connectivity index (χ0v) is 16.3. The van der Waals surface area contributed by atoms with Crippen LogP contribution >= 0.6 is 0 Å². The van der Waals surface area contributed by atoms with E-state index in [1.807, 2.05) is 0 Å². The third-order valence-corrected chi connectivity index (χ3v) is 4.19. The molecule has 0 amide bonds. The molecule has 0 bridgehead atoms. The van der Waals surface area contributed by atoms with Crippen molar-refractivity contribution >= 4 is 34.2 Å². The number of aryl methyl sites for hydroxylation is 2. The predicted octanol–water partition coefficient (Wildman–Crippen LogP) is 4.91. The van der Waals surface area contributed by atoms with Crippen LogP contribution < -0.4 is 21.1 Å². The number of fused-ring (bicyclic) bond motifs is 1. The number of H-pyrrole nitrogens is 1. The molecular weight excluding hydrogens is 415 g/mol. The number of ether oxygens (including phenoxy) is 1. The second-order valence-electron chi connectivity index (χ2n) is 6.78. The molecule has 160 valence electrons. The maximum atomic E-state index is 12.5. The van der Waals surface area contributed by atoms with Gasteiger partial charge in [0.1, 0.15) is 11.6 Å². The van der Waals surface area contributed by atoms with Crippen LogP contribution in [0.2, 0.25) is 0 Å². The number of aromatic nitrogens is 3. The summed E-state index contributed by atoms with van der Waals surface area (Å²) in [7, 11) is 0. The van der Waals surface area contributed by atoms with Crippen LogP contribution in [0.15, 0.2) is 51.8 Å². The molecule has 11 heteroatoms. The van der Waals surface area contributed by atoms with E-state index < -0.39 is 12.1 Å². The van der Waals surface area contributed by atoms with Gasteiger partial charge in [0.05, 0.1) is 5.52 Å². The highest BCUT2D eigenvalue weighted by molar-refractivity contribution is 5.78. The molecule has 8 nitrogen and oxygen atoms in total. The molecule has 0 aliphatic heterocycles. The van der Waals surface area contributed by atoms with Crippen LogP contribution in [0.25, 0.3) is 11.1 Å². The molecule has 4 aromatic rings. The van der Waals surface area contributed by atoms with E-state index in [9.17, 15) is 18.0 Å². The maximum absolute atomic E-state index is 12.5. The molecule has 0 saturated carbocycles. The molecule has 2 aromatic carbocycles. The van der Waals surface area contributed by atoms with Crippen molar-refractivity contribution in [2.24, 2.45) is 0 Å². The Balaban J connectivity index is 1.58. The van der Waals surface area contributed by atoms with Crippen LogP contribution in [0, 0.1) is 13.8 Å². The third-order valence-electron chi connectivity index (χ3n) is 4.19. The van der Waals surface area contributed by atoms with Gasteiger partial charge < -0.3 is 19.8 Å². The molecule has 0 aliphatic carbocycles. The Hall–Kier alpha value is -4.02. The van der Waals surface area contributed by atoms with E-state index in [-0.39, 0.29) is 11.7 Å². The van der Waals surface area contributed by atoms with E-state index in [0.29, 0.717) is 33.9 Å². The number of nitrogens with one attached hydrogen (secondary N) is 3. The first-order chi connectivity index (χ1) is 14.6. The minimum Gasteiger partial charge on any atom is -0.408 e. The van der Waals surface area contributed by atoms with E-state index in [0.717, 1.165) is 5.56 Å². The lowest BCUT2D eigenvalue weighted by atomic mass is 10.2. The summed E-state index contributed by atoms with van der Waals surface area (Å²) in [5.74, 6) is -0.247. The van der Waals surface area contributed by atoms with E-state index in [2.05, 4.69) is 30.3 Å². The average molecular weight is 431 g/mol. The van der Waals surface area contributed by atoms with E-state index in [4.69, 9.17) is 4.42 Å². The van der Waals surface area contributed by atoms with Crippen LogP contribution in [-0.4, -0.2) is 21.3 Å². The highest BCUT2D eigenvalue weighted by atomic mass is 19.4. The van der Waals surface area contributed by atoms with Crippen molar-refractivity contribution in [3.05, 3.63) is 64.3 Å². The van der Waals surface area contributed by atoms with Crippen molar-refractivity contribution < 1.29 is 22.3 Å². The SMILES string of the molecule is Cc1cc(Nc2ncc(C)c(Nc3ccc4oc(=O)[nH]c4c3)n2)cc(OC(F)(F)F)c1. The molecular formula is C20H16F3N5O3. The fourth-order valence-electron chi connectivity index (χ4n) is 2.94. The standard InChI is InChI=1S/C20H16F3N5O3/c1-10-5-13(7-14(6-10)31-20(21,22)23)26-18-24-9-11(2)17(28-18)25-12-3-4-16-15(8-12)27-19(29)30-16/h3-9H,1-2H3,(H,27,29)(H2,24,25,26,28). The summed E-state index contributed by atoms with van der Waals surface area (Å²) in [6.45, 7) is 3.44.